The maximum Gasteiger partial charge on any atom is 0.250 e. The predicted octanol–water partition coefficient (Wildman–Crippen LogP) is 5.35. The lowest BCUT2D eigenvalue weighted by Crippen LogP contribution is -2.21. The Balaban J connectivity index is 1.43. The summed E-state index contributed by atoms with van der Waals surface area (Å²) in [6, 6.07) is 19.1. The molecule has 0 fully saturated rings. The molecule has 7 nitrogen and oxygen atoms in total. The molecule has 2 aromatic heterocycles. The number of thiazole rings is 1. The fourth-order valence-corrected chi connectivity index (χ4v) is 4.40. The van der Waals surface area contributed by atoms with Crippen molar-refractivity contribution in [3.63, 3.8) is 0 Å². The van der Waals surface area contributed by atoms with E-state index in [1.165, 1.54) is 11.8 Å². The number of carbonyl (C=O) groups excluding carboxylic acids is 1. The zero-order valence-corrected chi connectivity index (χ0v) is 18.2. The number of amides is 1. The fraction of sp³-hybridized carbons (Fsp3) is 0.0909. The Morgan fingerprint density at radius 2 is 1.94 bits per heavy atom. The van der Waals surface area contributed by atoms with Crippen LogP contribution in [0.15, 0.2) is 92.7 Å². The van der Waals surface area contributed by atoms with E-state index in [1.54, 1.807) is 29.8 Å². The first kappa shape index (κ1) is 20.8. The molecule has 0 atom stereocenters. The Hall–Kier alpha value is -3.43. The summed E-state index contributed by atoms with van der Waals surface area (Å²) < 4.78 is 1.94. The minimum atomic E-state index is -0.254. The Morgan fingerprint density at radius 3 is 2.71 bits per heavy atom. The van der Waals surface area contributed by atoms with Crippen LogP contribution < -0.4 is 5.43 Å². The van der Waals surface area contributed by atoms with E-state index in [0.29, 0.717) is 11.3 Å². The lowest BCUT2D eigenvalue weighted by Gasteiger charge is -2.02. The third-order valence-corrected chi connectivity index (χ3v) is 6.28. The highest BCUT2D eigenvalue weighted by Crippen LogP contribution is 2.29. The number of azo groups is 1. The first-order valence-electron chi connectivity index (χ1n) is 9.41. The maximum atomic E-state index is 12.3. The first-order chi connectivity index (χ1) is 15.2. The van der Waals surface area contributed by atoms with Gasteiger partial charge in [-0.05, 0) is 43.3 Å². The largest absolute Gasteiger partial charge is 0.272 e. The molecule has 1 N–H and O–H groups in total. The number of hydrogen-bond donors (Lipinski definition) is 1. The summed E-state index contributed by atoms with van der Waals surface area (Å²) in [5.74, 6) is 0.210. The molecule has 31 heavy (non-hydrogen) atoms. The summed E-state index contributed by atoms with van der Waals surface area (Å²) >= 11 is 2.93. The molecule has 0 radical (unpaired) electrons. The van der Waals surface area contributed by atoms with Crippen molar-refractivity contribution in [3.05, 3.63) is 84.2 Å². The average Bonchev–Trinajstić information content (AvgIpc) is 3.22. The molecule has 4 aromatic rings. The second-order valence-electron chi connectivity index (χ2n) is 6.48. The number of thioether (sulfide) groups is 1. The van der Waals surface area contributed by atoms with Crippen LogP contribution in [0.3, 0.4) is 0 Å². The number of rotatable bonds is 6. The number of amidine groups is 1. The molecular formula is C22H18N6OS2. The van der Waals surface area contributed by atoms with Crippen molar-refractivity contribution in [1.82, 2.24) is 15.4 Å². The standard InChI is InChI=1S/C22H18N6OS2/c1-15-8-10-17(11-9-15)25-27-21(16-5-4-12-23-13-16)28-26-20(29)14-30-22-24-18-6-2-3-7-19(18)31-22/h2-13H,14H2,1H3,(H,26,29)/b27-25?,28-21-. The minimum Gasteiger partial charge on any atom is -0.272 e. The van der Waals surface area contributed by atoms with Crippen LogP contribution in [0.4, 0.5) is 5.69 Å². The lowest BCUT2D eigenvalue weighted by atomic mass is 10.2. The molecule has 2 aromatic carbocycles. The number of benzene rings is 2. The van der Waals surface area contributed by atoms with E-state index in [2.05, 4.69) is 30.7 Å². The Labute approximate surface area is 187 Å². The molecule has 1 amide bonds. The smallest absolute Gasteiger partial charge is 0.250 e. The van der Waals surface area contributed by atoms with Gasteiger partial charge in [0, 0.05) is 18.0 Å². The number of fused-ring (bicyclic) bond motifs is 1. The zero-order chi connectivity index (χ0) is 21.5. The minimum absolute atomic E-state index is 0.193. The van der Waals surface area contributed by atoms with E-state index in [1.807, 2.05) is 61.5 Å². The SMILES string of the molecule is Cc1ccc(N=N/C(=N\NC(=O)CSc2nc3ccccc3s2)c2cccnc2)cc1. The highest BCUT2D eigenvalue weighted by atomic mass is 32.2. The monoisotopic (exact) mass is 446 g/mol. The second-order valence-corrected chi connectivity index (χ2v) is 8.74. The number of nitrogens with one attached hydrogen (secondary N) is 1. The molecule has 0 bridgehead atoms. The van der Waals surface area contributed by atoms with Gasteiger partial charge in [0.25, 0.3) is 5.91 Å². The van der Waals surface area contributed by atoms with Crippen LogP contribution in [0, 0.1) is 6.92 Å². The zero-order valence-electron chi connectivity index (χ0n) is 16.6. The number of hydrogen-bond acceptors (Lipinski definition) is 7. The van der Waals surface area contributed by atoms with Gasteiger partial charge in [-0.3, -0.25) is 9.78 Å². The van der Waals surface area contributed by atoms with Crippen LogP contribution in [-0.4, -0.2) is 27.5 Å². The van der Waals surface area contributed by atoms with Crippen LogP contribution in [0.2, 0.25) is 0 Å². The van der Waals surface area contributed by atoms with Gasteiger partial charge in [0.15, 0.2) is 4.34 Å². The molecule has 0 unspecified atom stereocenters. The van der Waals surface area contributed by atoms with E-state index in [9.17, 15) is 4.79 Å². The number of aryl methyl sites for hydroxylation is 1. The molecule has 154 valence electrons. The molecule has 4 rings (SSSR count). The second kappa shape index (κ2) is 10.1. The van der Waals surface area contributed by atoms with Crippen LogP contribution in [-0.2, 0) is 4.79 Å². The third-order valence-electron chi connectivity index (χ3n) is 4.10. The Morgan fingerprint density at radius 1 is 1.10 bits per heavy atom. The van der Waals surface area contributed by atoms with Gasteiger partial charge >= 0.3 is 0 Å². The molecule has 0 spiro atoms. The molecular weight excluding hydrogens is 428 g/mol. The summed E-state index contributed by atoms with van der Waals surface area (Å²) in [7, 11) is 0. The molecule has 9 heteroatoms. The first-order valence-corrected chi connectivity index (χ1v) is 11.2. The summed E-state index contributed by atoms with van der Waals surface area (Å²) in [6.45, 7) is 2.01. The summed E-state index contributed by atoms with van der Waals surface area (Å²) in [5.41, 5.74) is 5.97. The maximum absolute atomic E-state index is 12.3. The molecule has 0 aliphatic rings. The summed E-state index contributed by atoms with van der Waals surface area (Å²) in [6.07, 6.45) is 3.28. The van der Waals surface area contributed by atoms with Crippen LogP contribution in [0.5, 0.6) is 0 Å². The van der Waals surface area contributed by atoms with Crippen molar-refractivity contribution in [2.45, 2.75) is 11.3 Å². The van der Waals surface area contributed by atoms with Gasteiger partial charge in [0.05, 0.1) is 21.7 Å². The quantitative estimate of drug-likeness (QED) is 0.142. The van der Waals surface area contributed by atoms with Crippen molar-refractivity contribution in [2.24, 2.45) is 15.3 Å². The molecule has 0 saturated carbocycles. The number of nitrogens with zero attached hydrogens (tertiary/aromatic N) is 5. The van der Waals surface area contributed by atoms with E-state index in [4.69, 9.17) is 0 Å². The number of para-hydroxylation sites is 1. The normalized spacial score (nSPS) is 11.8. The number of pyridine rings is 1. The van der Waals surface area contributed by atoms with E-state index >= 15 is 0 Å². The van der Waals surface area contributed by atoms with Gasteiger partial charge in [0.1, 0.15) is 0 Å². The van der Waals surface area contributed by atoms with E-state index in [-0.39, 0.29) is 17.5 Å². The van der Waals surface area contributed by atoms with Gasteiger partial charge in [-0.2, -0.15) is 5.10 Å². The van der Waals surface area contributed by atoms with Gasteiger partial charge in [-0.1, -0.05) is 41.6 Å². The van der Waals surface area contributed by atoms with E-state index < -0.39 is 0 Å². The summed E-state index contributed by atoms with van der Waals surface area (Å²) in [4.78, 5) is 20.9. The number of aromatic nitrogens is 2. The highest BCUT2D eigenvalue weighted by molar-refractivity contribution is 8.01. The van der Waals surface area contributed by atoms with Crippen molar-refractivity contribution >= 4 is 50.7 Å². The van der Waals surface area contributed by atoms with Crippen molar-refractivity contribution in [3.8, 4) is 0 Å². The molecule has 2 heterocycles. The topological polar surface area (TPSA) is 92.0 Å². The lowest BCUT2D eigenvalue weighted by molar-refractivity contribution is -0.118. The van der Waals surface area contributed by atoms with Gasteiger partial charge < -0.3 is 0 Å². The van der Waals surface area contributed by atoms with Crippen LogP contribution in [0.25, 0.3) is 10.2 Å². The molecule has 0 aliphatic carbocycles. The van der Waals surface area contributed by atoms with Gasteiger partial charge in [-0.15, -0.1) is 21.6 Å². The van der Waals surface area contributed by atoms with Gasteiger partial charge in [-0.25, -0.2) is 10.4 Å². The summed E-state index contributed by atoms with van der Waals surface area (Å²) in [5, 5.41) is 12.6. The molecule has 0 saturated heterocycles. The number of hydrazone groups is 1. The van der Waals surface area contributed by atoms with Crippen molar-refractivity contribution in [2.75, 3.05) is 5.75 Å². The molecule has 0 aliphatic heterocycles. The van der Waals surface area contributed by atoms with Crippen molar-refractivity contribution in [1.29, 1.82) is 0 Å². The average molecular weight is 447 g/mol. The Kier molecular flexibility index (Phi) is 6.75. The predicted molar refractivity (Wildman–Crippen MR) is 125 cm³/mol. The third kappa shape index (κ3) is 5.80. The van der Waals surface area contributed by atoms with Crippen molar-refractivity contribution < 1.29 is 4.79 Å². The van der Waals surface area contributed by atoms with Gasteiger partial charge in [0.2, 0.25) is 5.84 Å². The van der Waals surface area contributed by atoms with Crippen LogP contribution in [0.1, 0.15) is 11.1 Å². The fourth-order valence-electron chi connectivity index (χ4n) is 2.54. The Bertz CT molecular complexity index is 1200. The van der Waals surface area contributed by atoms with Crippen LogP contribution >= 0.6 is 23.1 Å². The highest BCUT2D eigenvalue weighted by Gasteiger charge is 2.09. The number of carbonyl (C=O) groups is 1. The van der Waals surface area contributed by atoms with E-state index in [0.717, 1.165) is 20.1 Å².